The van der Waals surface area contributed by atoms with E-state index in [1.165, 1.54) is 6.07 Å². The number of nitrogens with zero attached hydrogens (tertiary/aromatic N) is 5. The van der Waals surface area contributed by atoms with Crippen molar-refractivity contribution < 1.29 is 14.5 Å². The SMILES string of the molecule is Cn1ccnc1CN(CCC(C)(C)C)C(=O)CCC(C(C#N)=Cc1cc(Br)ccc1[N+](=O)[O-])C1CCOCC1. The number of aromatic nitrogens is 2. The van der Waals surface area contributed by atoms with E-state index in [-0.39, 0.29) is 35.3 Å². The highest BCUT2D eigenvalue weighted by molar-refractivity contribution is 9.10. The van der Waals surface area contributed by atoms with Crippen LogP contribution in [0, 0.1) is 38.7 Å². The van der Waals surface area contributed by atoms with E-state index in [0.717, 1.165) is 25.1 Å². The fraction of sp³-hybridized carbons (Fsp3) is 0.552. The fourth-order valence-electron chi connectivity index (χ4n) is 4.88. The maximum Gasteiger partial charge on any atom is 0.276 e. The third-order valence-corrected chi connectivity index (χ3v) is 7.76. The van der Waals surface area contributed by atoms with Crippen LogP contribution in [0.4, 0.5) is 5.69 Å². The first-order valence-electron chi connectivity index (χ1n) is 13.4. The van der Waals surface area contributed by atoms with Gasteiger partial charge in [0, 0.05) is 61.7 Å². The Balaban J connectivity index is 1.87. The van der Waals surface area contributed by atoms with Crippen molar-refractivity contribution in [1.29, 1.82) is 5.26 Å². The van der Waals surface area contributed by atoms with Gasteiger partial charge in [0.1, 0.15) is 5.82 Å². The van der Waals surface area contributed by atoms with Gasteiger partial charge in [0.15, 0.2) is 0 Å². The molecule has 1 saturated heterocycles. The third-order valence-electron chi connectivity index (χ3n) is 7.27. The maximum atomic E-state index is 13.6. The highest BCUT2D eigenvalue weighted by Gasteiger charge is 2.30. The fourth-order valence-corrected chi connectivity index (χ4v) is 5.26. The zero-order chi connectivity index (χ0) is 28.6. The Morgan fingerprint density at radius 3 is 2.69 bits per heavy atom. The van der Waals surface area contributed by atoms with Crippen molar-refractivity contribution >= 4 is 33.6 Å². The smallest absolute Gasteiger partial charge is 0.276 e. The van der Waals surface area contributed by atoms with Crippen LogP contribution in [0.5, 0.6) is 0 Å². The number of benzene rings is 1. The van der Waals surface area contributed by atoms with Gasteiger partial charge in [-0.3, -0.25) is 14.9 Å². The molecule has 1 aromatic heterocycles. The Morgan fingerprint density at radius 2 is 2.10 bits per heavy atom. The van der Waals surface area contributed by atoms with Gasteiger partial charge in [-0.15, -0.1) is 0 Å². The molecule has 210 valence electrons. The van der Waals surface area contributed by atoms with E-state index < -0.39 is 4.92 Å². The summed E-state index contributed by atoms with van der Waals surface area (Å²) in [5, 5.41) is 21.9. The molecule has 1 aliphatic heterocycles. The number of nitriles is 1. The molecule has 2 aromatic rings. The second kappa shape index (κ2) is 13.9. The van der Waals surface area contributed by atoms with Crippen LogP contribution in [-0.4, -0.2) is 45.0 Å². The van der Waals surface area contributed by atoms with Crippen LogP contribution in [0.1, 0.15) is 64.3 Å². The van der Waals surface area contributed by atoms with E-state index >= 15 is 0 Å². The minimum atomic E-state index is -0.440. The van der Waals surface area contributed by atoms with Gasteiger partial charge in [0.2, 0.25) is 5.91 Å². The normalized spacial score (nSPS) is 15.5. The number of amides is 1. The average Bonchev–Trinajstić information content (AvgIpc) is 3.29. The summed E-state index contributed by atoms with van der Waals surface area (Å²) in [6, 6.07) is 7.02. The third kappa shape index (κ3) is 9.01. The number of allylic oxidation sites excluding steroid dienone is 1. The lowest BCUT2D eigenvalue weighted by molar-refractivity contribution is -0.385. The number of hydrogen-bond acceptors (Lipinski definition) is 6. The number of carbonyl (C=O) groups excluding carboxylic acids is 1. The Morgan fingerprint density at radius 1 is 1.38 bits per heavy atom. The molecule has 9 nitrogen and oxygen atoms in total. The number of ether oxygens (including phenoxy) is 1. The van der Waals surface area contributed by atoms with Crippen LogP contribution in [0.25, 0.3) is 6.08 Å². The lowest BCUT2D eigenvalue weighted by Gasteiger charge is -2.31. The van der Waals surface area contributed by atoms with Crippen LogP contribution >= 0.6 is 15.9 Å². The van der Waals surface area contributed by atoms with Crippen LogP contribution in [0.2, 0.25) is 0 Å². The number of carbonyl (C=O) groups is 1. The van der Waals surface area contributed by atoms with Crippen molar-refractivity contribution in [2.45, 2.75) is 59.4 Å². The number of hydrogen-bond donors (Lipinski definition) is 0. The van der Waals surface area contributed by atoms with Crippen molar-refractivity contribution in [3.8, 4) is 6.07 Å². The number of rotatable bonds is 11. The molecule has 1 fully saturated rings. The van der Waals surface area contributed by atoms with Gasteiger partial charge in [-0.1, -0.05) is 36.7 Å². The van der Waals surface area contributed by atoms with E-state index in [1.54, 1.807) is 24.4 Å². The topological polar surface area (TPSA) is 114 Å². The molecule has 1 amide bonds. The highest BCUT2D eigenvalue weighted by atomic mass is 79.9. The van der Waals surface area contributed by atoms with E-state index in [9.17, 15) is 20.2 Å². The summed E-state index contributed by atoms with van der Waals surface area (Å²) in [7, 11) is 1.92. The van der Waals surface area contributed by atoms with Crippen molar-refractivity contribution in [3.63, 3.8) is 0 Å². The molecular formula is C29H38BrN5O4. The molecule has 1 atom stereocenters. The van der Waals surface area contributed by atoms with Gasteiger partial charge >= 0.3 is 0 Å². The van der Waals surface area contributed by atoms with Gasteiger partial charge in [0.25, 0.3) is 5.69 Å². The van der Waals surface area contributed by atoms with E-state index in [1.807, 2.05) is 22.7 Å². The standard InChI is InChI=1S/C29H38BrN5O4/c1-29(2,3)11-13-34(20-27-32-12-14-33(27)4)28(36)8-6-25(21-9-15-39-16-10-21)23(19-31)17-22-18-24(30)5-7-26(22)35(37)38/h5,7,12,14,17-18,21,25H,6,8-11,13,15-16,20H2,1-4H3. The summed E-state index contributed by atoms with van der Waals surface area (Å²) in [6.45, 7) is 8.70. The molecule has 2 heterocycles. The second-order valence-corrected chi connectivity index (χ2v) is 12.3. The second-order valence-electron chi connectivity index (χ2n) is 11.3. The van der Waals surface area contributed by atoms with Gasteiger partial charge in [-0.2, -0.15) is 5.26 Å². The predicted octanol–water partition coefficient (Wildman–Crippen LogP) is 6.29. The summed E-state index contributed by atoms with van der Waals surface area (Å²) in [6.07, 6.45) is 8.38. The summed E-state index contributed by atoms with van der Waals surface area (Å²) in [5.74, 6) is 0.781. The minimum absolute atomic E-state index is 0.0186. The Kier molecular flexibility index (Phi) is 10.8. The predicted molar refractivity (Wildman–Crippen MR) is 153 cm³/mol. The molecule has 0 radical (unpaired) electrons. The summed E-state index contributed by atoms with van der Waals surface area (Å²) < 4.78 is 8.18. The Hall–Kier alpha value is -3.03. The van der Waals surface area contributed by atoms with Crippen LogP contribution in [0.15, 0.2) is 40.6 Å². The molecule has 1 aromatic carbocycles. The average molecular weight is 601 g/mol. The number of halogens is 1. The number of nitro benzene ring substituents is 1. The Bertz CT molecular complexity index is 1220. The largest absolute Gasteiger partial charge is 0.381 e. The molecule has 0 aliphatic carbocycles. The summed E-state index contributed by atoms with van der Waals surface area (Å²) in [4.78, 5) is 31.1. The quantitative estimate of drug-likeness (QED) is 0.170. The Labute approximate surface area is 239 Å². The minimum Gasteiger partial charge on any atom is -0.381 e. The molecule has 39 heavy (non-hydrogen) atoms. The van der Waals surface area contributed by atoms with Crippen molar-refractivity contribution in [1.82, 2.24) is 14.5 Å². The van der Waals surface area contributed by atoms with E-state index in [0.29, 0.717) is 48.3 Å². The molecule has 0 saturated carbocycles. The van der Waals surface area contributed by atoms with E-state index in [2.05, 4.69) is 47.8 Å². The van der Waals surface area contributed by atoms with Crippen molar-refractivity contribution in [3.05, 3.63) is 62.1 Å². The first kappa shape index (κ1) is 30.5. The van der Waals surface area contributed by atoms with Crippen molar-refractivity contribution in [2.75, 3.05) is 19.8 Å². The van der Waals surface area contributed by atoms with E-state index in [4.69, 9.17) is 4.74 Å². The van der Waals surface area contributed by atoms with Crippen molar-refractivity contribution in [2.24, 2.45) is 24.3 Å². The van der Waals surface area contributed by atoms with Crippen LogP contribution in [0.3, 0.4) is 0 Å². The molecule has 0 bridgehead atoms. The zero-order valence-electron chi connectivity index (χ0n) is 23.2. The monoisotopic (exact) mass is 599 g/mol. The summed E-state index contributed by atoms with van der Waals surface area (Å²) in [5.41, 5.74) is 0.841. The molecular weight excluding hydrogens is 562 g/mol. The maximum absolute atomic E-state index is 13.6. The first-order chi connectivity index (χ1) is 18.5. The lowest BCUT2D eigenvalue weighted by atomic mass is 9.78. The molecule has 0 spiro atoms. The van der Waals surface area contributed by atoms with Gasteiger partial charge in [-0.25, -0.2) is 4.98 Å². The molecule has 3 rings (SSSR count). The number of imidazole rings is 1. The molecule has 0 N–H and O–H groups in total. The van der Waals surface area contributed by atoms with Gasteiger partial charge in [0.05, 0.1) is 23.1 Å². The molecule has 1 unspecified atom stereocenters. The van der Waals surface area contributed by atoms with Gasteiger partial charge < -0.3 is 14.2 Å². The highest BCUT2D eigenvalue weighted by Crippen LogP contribution is 2.35. The lowest BCUT2D eigenvalue weighted by Crippen LogP contribution is -2.35. The zero-order valence-corrected chi connectivity index (χ0v) is 24.8. The van der Waals surface area contributed by atoms with Gasteiger partial charge in [-0.05, 0) is 61.1 Å². The molecule has 10 heteroatoms. The van der Waals surface area contributed by atoms with Crippen LogP contribution < -0.4 is 0 Å². The first-order valence-corrected chi connectivity index (χ1v) is 14.1. The number of nitro groups is 1. The number of aryl methyl sites for hydroxylation is 1. The van der Waals surface area contributed by atoms with Crippen LogP contribution in [-0.2, 0) is 23.1 Å². The summed E-state index contributed by atoms with van der Waals surface area (Å²) >= 11 is 3.39. The molecule has 1 aliphatic rings.